The maximum atomic E-state index is 13.2. The minimum Gasteiger partial charge on any atom is -0.494 e. The topological polar surface area (TPSA) is 54.9 Å². The van der Waals surface area contributed by atoms with Crippen LogP contribution in [0.4, 0.5) is 5.13 Å². The molecule has 0 spiro atoms. The predicted molar refractivity (Wildman–Crippen MR) is 112 cm³/mol. The van der Waals surface area contributed by atoms with Gasteiger partial charge >= 0.3 is 0 Å². The van der Waals surface area contributed by atoms with Gasteiger partial charge in [-0.05, 0) is 37.8 Å². The number of aryl methyl sites for hydroxylation is 1. The molecule has 1 amide bonds. The van der Waals surface area contributed by atoms with Gasteiger partial charge in [0.2, 0.25) is 5.91 Å². The number of benzene rings is 1. The van der Waals surface area contributed by atoms with Crippen LogP contribution >= 0.6 is 11.3 Å². The van der Waals surface area contributed by atoms with Gasteiger partial charge in [0.25, 0.3) is 0 Å². The number of thiazole rings is 1. The van der Waals surface area contributed by atoms with Gasteiger partial charge in [-0.3, -0.25) is 14.6 Å². The van der Waals surface area contributed by atoms with Crippen molar-refractivity contribution in [3.05, 3.63) is 17.7 Å². The summed E-state index contributed by atoms with van der Waals surface area (Å²) in [7, 11) is 1.67. The van der Waals surface area contributed by atoms with Crippen molar-refractivity contribution in [1.82, 2.24) is 9.88 Å². The van der Waals surface area contributed by atoms with Crippen LogP contribution in [0.1, 0.15) is 31.2 Å². The number of hydrogen-bond donors (Lipinski definition) is 0. The van der Waals surface area contributed by atoms with Crippen LogP contribution in [0, 0.1) is 12.8 Å². The molecule has 0 atom stereocenters. The summed E-state index contributed by atoms with van der Waals surface area (Å²) in [6, 6.07) is 4.01. The Labute approximate surface area is 170 Å². The van der Waals surface area contributed by atoms with Gasteiger partial charge in [0.05, 0.1) is 25.0 Å². The van der Waals surface area contributed by atoms with Crippen LogP contribution in [0.15, 0.2) is 12.1 Å². The van der Waals surface area contributed by atoms with E-state index in [2.05, 4.69) is 17.9 Å². The normalized spacial score (nSPS) is 18.2. The van der Waals surface area contributed by atoms with Crippen molar-refractivity contribution in [2.45, 2.75) is 32.6 Å². The lowest BCUT2D eigenvalue weighted by Gasteiger charge is -2.31. The van der Waals surface area contributed by atoms with Crippen LogP contribution < -0.4 is 9.64 Å². The molecule has 6 nitrogen and oxygen atoms in total. The molecule has 4 rings (SSSR count). The van der Waals surface area contributed by atoms with Crippen LogP contribution in [-0.2, 0) is 9.53 Å². The smallest absolute Gasteiger partial charge is 0.231 e. The SMILES string of the molecule is COc1ccc(C)c2sc(N(CCCN3CCOCC3)C(=O)C3CCC3)nc12. The number of morpholine rings is 1. The van der Waals surface area contributed by atoms with E-state index in [0.29, 0.717) is 6.54 Å². The lowest BCUT2D eigenvalue weighted by molar-refractivity contribution is -0.124. The molecule has 1 aromatic carbocycles. The Hall–Kier alpha value is -1.70. The predicted octanol–water partition coefficient (Wildman–Crippen LogP) is 3.47. The number of fused-ring (bicyclic) bond motifs is 1. The Morgan fingerprint density at radius 3 is 2.82 bits per heavy atom. The molecule has 2 fully saturated rings. The van der Waals surface area contributed by atoms with Crippen LogP contribution in [0.25, 0.3) is 10.2 Å². The zero-order valence-corrected chi connectivity index (χ0v) is 17.6. The summed E-state index contributed by atoms with van der Waals surface area (Å²) >= 11 is 1.61. The molecule has 2 aromatic rings. The summed E-state index contributed by atoms with van der Waals surface area (Å²) in [5.74, 6) is 1.18. The maximum Gasteiger partial charge on any atom is 0.231 e. The van der Waals surface area contributed by atoms with Crippen LogP contribution in [0.2, 0.25) is 0 Å². The average Bonchev–Trinajstić information content (AvgIpc) is 3.11. The number of amides is 1. The second-order valence-electron chi connectivity index (χ2n) is 7.68. The Morgan fingerprint density at radius 2 is 2.14 bits per heavy atom. The van der Waals surface area contributed by atoms with Gasteiger partial charge < -0.3 is 9.47 Å². The molecular weight excluding hydrogens is 374 g/mol. The van der Waals surface area contributed by atoms with E-state index in [1.807, 2.05) is 11.0 Å². The third-order valence-corrected chi connectivity index (χ3v) is 7.04. The van der Waals surface area contributed by atoms with Crippen molar-refractivity contribution < 1.29 is 14.3 Å². The minimum absolute atomic E-state index is 0.165. The summed E-state index contributed by atoms with van der Waals surface area (Å²) in [6.45, 7) is 7.37. The highest BCUT2D eigenvalue weighted by molar-refractivity contribution is 7.22. The number of ether oxygens (including phenoxy) is 2. The summed E-state index contributed by atoms with van der Waals surface area (Å²) in [5, 5.41) is 0.807. The maximum absolute atomic E-state index is 13.2. The number of nitrogens with zero attached hydrogens (tertiary/aromatic N) is 3. The van der Waals surface area contributed by atoms with Gasteiger partial charge in [-0.25, -0.2) is 4.98 Å². The second-order valence-corrected chi connectivity index (χ2v) is 8.66. The van der Waals surface area contributed by atoms with Gasteiger partial charge in [-0.2, -0.15) is 0 Å². The van der Waals surface area contributed by atoms with Crippen LogP contribution in [0.5, 0.6) is 5.75 Å². The Morgan fingerprint density at radius 1 is 1.36 bits per heavy atom. The molecule has 28 heavy (non-hydrogen) atoms. The van der Waals surface area contributed by atoms with Crippen molar-refractivity contribution in [3.63, 3.8) is 0 Å². The standard InChI is InChI=1S/C21H29N3O3S/c1-15-7-8-17(26-2)18-19(15)28-21(22-18)24(20(25)16-5-3-6-16)10-4-9-23-11-13-27-14-12-23/h7-8,16H,3-6,9-14H2,1-2H3. The molecule has 0 bridgehead atoms. The van der Waals surface area contributed by atoms with Crippen molar-refractivity contribution >= 4 is 32.6 Å². The quantitative estimate of drug-likeness (QED) is 0.709. The molecule has 2 heterocycles. The number of carbonyl (C=O) groups is 1. The van der Waals surface area contributed by atoms with E-state index in [0.717, 1.165) is 79.6 Å². The van der Waals surface area contributed by atoms with E-state index in [1.165, 1.54) is 5.56 Å². The average molecular weight is 404 g/mol. The van der Waals surface area contributed by atoms with E-state index in [-0.39, 0.29) is 11.8 Å². The number of anilines is 1. The van der Waals surface area contributed by atoms with Crippen molar-refractivity contribution in [1.29, 1.82) is 0 Å². The van der Waals surface area contributed by atoms with Crippen LogP contribution in [0.3, 0.4) is 0 Å². The van der Waals surface area contributed by atoms with Crippen molar-refractivity contribution in [2.24, 2.45) is 5.92 Å². The van der Waals surface area contributed by atoms with Gasteiger partial charge in [-0.1, -0.05) is 23.8 Å². The summed E-state index contributed by atoms with van der Waals surface area (Å²) in [6.07, 6.45) is 4.12. The third kappa shape index (κ3) is 4.02. The number of methoxy groups -OCH3 is 1. The second kappa shape index (κ2) is 8.76. The van der Waals surface area contributed by atoms with E-state index < -0.39 is 0 Å². The number of hydrogen-bond acceptors (Lipinski definition) is 6. The molecule has 0 unspecified atom stereocenters. The van der Waals surface area contributed by atoms with Gasteiger partial charge in [0, 0.05) is 32.1 Å². The molecule has 0 N–H and O–H groups in total. The first-order valence-electron chi connectivity index (χ1n) is 10.2. The number of carbonyl (C=O) groups excluding carboxylic acids is 1. The largest absolute Gasteiger partial charge is 0.494 e. The summed E-state index contributed by atoms with van der Waals surface area (Å²) in [5.41, 5.74) is 2.03. The fourth-order valence-electron chi connectivity index (χ4n) is 3.83. The molecule has 152 valence electrons. The molecule has 1 aromatic heterocycles. The molecule has 7 heteroatoms. The molecule has 1 saturated carbocycles. The van der Waals surface area contributed by atoms with E-state index in [9.17, 15) is 4.79 Å². The van der Waals surface area contributed by atoms with E-state index in [4.69, 9.17) is 14.5 Å². The Bertz CT molecular complexity index is 828. The highest BCUT2D eigenvalue weighted by atomic mass is 32.1. The van der Waals surface area contributed by atoms with Gasteiger partial charge in [0.1, 0.15) is 11.3 Å². The summed E-state index contributed by atoms with van der Waals surface area (Å²) in [4.78, 5) is 22.3. The molecule has 1 saturated heterocycles. The Balaban J connectivity index is 1.55. The van der Waals surface area contributed by atoms with Crippen molar-refractivity contribution in [3.8, 4) is 5.75 Å². The van der Waals surface area contributed by atoms with Gasteiger partial charge in [0.15, 0.2) is 5.13 Å². The van der Waals surface area contributed by atoms with Crippen molar-refractivity contribution in [2.75, 3.05) is 51.4 Å². The highest BCUT2D eigenvalue weighted by Gasteiger charge is 2.32. The lowest BCUT2D eigenvalue weighted by atomic mass is 9.84. The van der Waals surface area contributed by atoms with E-state index in [1.54, 1.807) is 18.4 Å². The third-order valence-electron chi connectivity index (χ3n) is 5.82. The number of rotatable bonds is 7. The molecule has 2 aliphatic rings. The molecule has 1 aliphatic heterocycles. The minimum atomic E-state index is 0.165. The lowest BCUT2D eigenvalue weighted by Crippen LogP contribution is -2.42. The molecule has 1 aliphatic carbocycles. The Kier molecular flexibility index (Phi) is 6.13. The highest BCUT2D eigenvalue weighted by Crippen LogP contribution is 2.38. The van der Waals surface area contributed by atoms with Crippen LogP contribution in [-0.4, -0.2) is 62.3 Å². The fourth-order valence-corrected chi connectivity index (χ4v) is 4.91. The zero-order valence-electron chi connectivity index (χ0n) is 16.8. The molecular formula is C21H29N3O3S. The monoisotopic (exact) mass is 403 g/mol. The first-order valence-corrected chi connectivity index (χ1v) is 11.0. The summed E-state index contributed by atoms with van der Waals surface area (Å²) < 4.78 is 12.0. The van der Waals surface area contributed by atoms with E-state index >= 15 is 0 Å². The first kappa shape index (κ1) is 19.6. The number of aromatic nitrogens is 1. The van der Waals surface area contributed by atoms with Gasteiger partial charge in [-0.15, -0.1) is 0 Å². The molecule has 0 radical (unpaired) electrons. The zero-order chi connectivity index (χ0) is 19.5. The fraction of sp³-hybridized carbons (Fsp3) is 0.619. The first-order chi connectivity index (χ1) is 13.7.